The summed E-state index contributed by atoms with van der Waals surface area (Å²) in [5, 5.41) is 14.7. The average Bonchev–Trinajstić information content (AvgIpc) is 2.44. The molecule has 0 fully saturated rings. The van der Waals surface area contributed by atoms with Gasteiger partial charge in [0.05, 0.1) is 0 Å². The zero-order valence-electron chi connectivity index (χ0n) is 11.4. The van der Waals surface area contributed by atoms with Gasteiger partial charge >= 0.3 is 0 Å². The molecule has 1 rings (SSSR count). The molecule has 0 aliphatic heterocycles. The van der Waals surface area contributed by atoms with Crippen molar-refractivity contribution in [2.24, 2.45) is 0 Å². The van der Waals surface area contributed by atoms with Crippen LogP contribution < -0.4 is 10.6 Å². The molecule has 4 nitrogen and oxygen atoms in total. The van der Waals surface area contributed by atoms with Crippen LogP contribution in [0.3, 0.4) is 0 Å². The van der Waals surface area contributed by atoms with E-state index < -0.39 is 0 Å². The van der Waals surface area contributed by atoms with Crippen LogP contribution in [0.4, 0.5) is 0 Å². The highest BCUT2D eigenvalue weighted by molar-refractivity contribution is 9.10. The first-order chi connectivity index (χ1) is 9.67. The molecule has 0 radical (unpaired) electrons. The summed E-state index contributed by atoms with van der Waals surface area (Å²) in [6.45, 7) is 3.21. The average molecular weight is 336 g/mol. The Morgan fingerprint density at radius 2 is 2.30 bits per heavy atom. The van der Waals surface area contributed by atoms with Crippen molar-refractivity contribution in [2.75, 3.05) is 6.54 Å². The number of nitrogens with zero attached hydrogens (tertiary/aromatic N) is 1. The first kappa shape index (κ1) is 16.3. The van der Waals surface area contributed by atoms with Gasteiger partial charge in [0.25, 0.3) is 5.91 Å². The number of hydrogen-bond acceptors (Lipinski definition) is 3. The Balaban J connectivity index is 2.49. The maximum atomic E-state index is 11.7. The van der Waals surface area contributed by atoms with Crippen LogP contribution in [0.15, 0.2) is 40.5 Å². The van der Waals surface area contributed by atoms with E-state index in [9.17, 15) is 4.79 Å². The van der Waals surface area contributed by atoms with E-state index in [1.807, 2.05) is 37.3 Å². The van der Waals surface area contributed by atoms with Gasteiger partial charge in [0.2, 0.25) is 0 Å². The van der Waals surface area contributed by atoms with E-state index >= 15 is 0 Å². The van der Waals surface area contributed by atoms with Gasteiger partial charge in [-0.05, 0) is 24.1 Å². The summed E-state index contributed by atoms with van der Waals surface area (Å²) in [7, 11) is 0. The summed E-state index contributed by atoms with van der Waals surface area (Å²) < 4.78 is 0.999. The highest BCUT2D eigenvalue weighted by Crippen LogP contribution is 2.11. The standard InChI is InChI=1S/C15H18BrN3O/c1-2-3-7-19-15(20)13(9-17)11-18-10-12-5-4-6-14(16)8-12/h4-6,8,11,18H,2-3,7,10H2,1H3,(H,19,20)/b13-11-. The van der Waals surface area contributed by atoms with E-state index in [0.29, 0.717) is 13.1 Å². The van der Waals surface area contributed by atoms with Gasteiger partial charge in [-0.2, -0.15) is 5.26 Å². The number of benzene rings is 1. The van der Waals surface area contributed by atoms with Crippen molar-refractivity contribution in [1.29, 1.82) is 5.26 Å². The van der Waals surface area contributed by atoms with Crippen LogP contribution in [0.25, 0.3) is 0 Å². The molecule has 0 atom stereocenters. The van der Waals surface area contributed by atoms with Crippen LogP contribution in [0.1, 0.15) is 25.3 Å². The second-order valence-electron chi connectivity index (χ2n) is 4.29. The maximum Gasteiger partial charge on any atom is 0.263 e. The van der Waals surface area contributed by atoms with Crippen LogP contribution in [-0.2, 0) is 11.3 Å². The van der Waals surface area contributed by atoms with Gasteiger partial charge in [-0.25, -0.2) is 0 Å². The molecule has 0 unspecified atom stereocenters. The summed E-state index contributed by atoms with van der Waals surface area (Å²) in [5.41, 5.74) is 1.16. The zero-order chi connectivity index (χ0) is 14.8. The third-order valence-electron chi connectivity index (χ3n) is 2.62. The predicted octanol–water partition coefficient (Wildman–Crippen LogP) is 2.86. The van der Waals surface area contributed by atoms with Gasteiger partial charge in [-0.1, -0.05) is 41.4 Å². The molecular formula is C15H18BrN3O. The Labute approximate surface area is 128 Å². The molecule has 0 aromatic heterocycles. The van der Waals surface area contributed by atoms with Crippen molar-refractivity contribution in [1.82, 2.24) is 10.6 Å². The van der Waals surface area contributed by atoms with Crippen LogP contribution in [0.5, 0.6) is 0 Å². The summed E-state index contributed by atoms with van der Waals surface area (Å²) in [6.07, 6.45) is 3.38. The fourth-order valence-electron chi connectivity index (χ4n) is 1.54. The smallest absolute Gasteiger partial charge is 0.263 e. The molecule has 0 spiro atoms. The Morgan fingerprint density at radius 3 is 2.95 bits per heavy atom. The minimum Gasteiger partial charge on any atom is -0.386 e. The molecule has 0 aliphatic rings. The Kier molecular flexibility index (Phi) is 7.44. The first-order valence-electron chi connectivity index (χ1n) is 6.53. The molecule has 0 saturated carbocycles. The number of nitriles is 1. The predicted molar refractivity (Wildman–Crippen MR) is 82.6 cm³/mol. The number of rotatable bonds is 7. The molecule has 1 aromatic carbocycles. The minimum atomic E-state index is -0.331. The third-order valence-corrected chi connectivity index (χ3v) is 3.12. The topological polar surface area (TPSA) is 64.9 Å². The number of halogens is 1. The first-order valence-corrected chi connectivity index (χ1v) is 7.33. The number of amides is 1. The largest absolute Gasteiger partial charge is 0.386 e. The normalized spacial score (nSPS) is 10.8. The van der Waals surface area contributed by atoms with Crippen LogP contribution in [-0.4, -0.2) is 12.5 Å². The van der Waals surface area contributed by atoms with E-state index in [4.69, 9.17) is 5.26 Å². The third kappa shape index (κ3) is 5.89. The van der Waals surface area contributed by atoms with Crippen LogP contribution >= 0.6 is 15.9 Å². The number of carbonyl (C=O) groups is 1. The van der Waals surface area contributed by atoms with Crippen molar-refractivity contribution in [3.05, 3.63) is 46.1 Å². The van der Waals surface area contributed by atoms with Crippen molar-refractivity contribution in [2.45, 2.75) is 26.3 Å². The molecule has 5 heteroatoms. The van der Waals surface area contributed by atoms with E-state index in [2.05, 4.69) is 26.6 Å². The maximum absolute atomic E-state index is 11.7. The lowest BCUT2D eigenvalue weighted by atomic mass is 10.2. The van der Waals surface area contributed by atoms with Gasteiger partial charge in [0.1, 0.15) is 11.6 Å². The molecule has 20 heavy (non-hydrogen) atoms. The van der Waals surface area contributed by atoms with E-state index in [1.165, 1.54) is 6.20 Å². The molecule has 0 aliphatic carbocycles. The lowest BCUT2D eigenvalue weighted by Crippen LogP contribution is -2.26. The van der Waals surface area contributed by atoms with E-state index in [1.54, 1.807) is 0 Å². The molecular weight excluding hydrogens is 318 g/mol. The summed E-state index contributed by atoms with van der Waals surface area (Å²) in [5.74, 6) is -0.331. The monoisotopic (exact) mass is 335 g/mol. The lowest BCUT2D eigenvalue weighted by molar-refractivity contribution is -0.117. The summed E-state index contributed by atoms with van der Waals surface area (Å²) in [6, 6.07) is 9.74. The van der Waals surface area contributed by atoms with Crippen LogP contribution in [0, 0.1) is 11.3 Å². The highest BCUT2D eigenvalue weighted by atomic mass is 79.9. The fourth-order valence-corrected chi connectivity index (χ4v) is 1.99. The molecule has 106 valence electrons. The fraction of sp³-hybridized carbons (Fsp3) is 0.333. The molecule has 2 N–H and O–H groups in total. The second kappa shape index (κ2) is 9.16. The molecule has 1 aromatic rings. The Bertz CT molecular complexity index is 520. The number of nitrogens with one attached hydrogen (secondary N) is 2. The van der Waals surface area contributed by atoms with Crippen LogP contribution in [0.2, 0.25) is 0 Å². The Hall–Kier alpha value is -1.80. The number of carbonyl (C=O) groups excluding carboxylic acids is 1. The zero-order valence-corrected chi connectivity index (χ0v) is 13.0. The van der Waals surface area contributed by atoms with Crippen molar-refractivity contribution in [3.63, 3.8) is 0 Å². The quantitative estimate of drug-likeness (QED) is 0.457. The molecule has 0 heterocycles. The van der Waals surface area contributed by atoms with Crippen molar-refractivity contribution in [3.8, 4) is 6.07 Å². The number of hydrogen-bond donors (Lipinski definition) is 2. The van der Waals surface area contributed by atoms with E-state index in [0.717, 1.165) is 22.9 Å². The van der Waals surface area contributed by atoms with Crippen molar-refractivity contribution < 1.29 is 4.79 Å². The SMILES string of the molecule is CCCCNC(=O)/C(C#N)=C\NCc1cccc(Br)c1. The summed E-state index contributed by atoms with van der Waals surface area (Å²) >= 11 is 3.40. The highest BCUT2D eigenvalue weighted by Gasteiger charge is 2.07. The lowest BCUT2D eigenvalue weighted by Gasteiger charge is -2.05. The Morgan fingerprint density at radius 1 is 1.50 bits per heavy atom. The van der Waals surface area contributed by atoms with Gasteiger partial charge in [0.15, 0.2) is 0 Å². The molecule has 0 bridgehead atoms. The molecule has 0 saturated heterocycles. The van der Waals surface area contributed by atoms with Crippen molar-refractivity contribution >= 4 is 21.8 Å². The van der Waals surface area contributed by atoms with Gasteiger partial charge in [-0.15, -0.1) is 0 Å². The minimum absolute atomic E-state index is 0.0936. The van der Waals surface area contributed by atoms with Gasteiger partial charge in [-0.3, -0.25) is 4.79 Å². The number of unbranched alkanes of at least 4 members (excludes halogenated alkanes) is 1. The summed E-state index contributed by atoms with van der Waals surface area (Å²) in [4.78, 5) is 11.7. The van der Waals surface area contributed by atoms with E-state index in [-0.39, 0.29) is 11.5 Å². The molecule has 1 amide bonds. The van der Waals surface area contributed by atoms with Gasteiger partial charge < -0.3 is 10.6 Å². The second-order valence-corrected chi connectivity index (χ2v) is 5.21. The van der Waals surface area contributed by atoms with Gasteiger partial charge in [0, 0.05) is 23.8 Å².